The molecule has 2 aliphatic heterocycles. The van der Waals surface area contributed by atoms with E-state index in [0.717, 1.165) is 0 Å². The lowest BCUT2D eigenvalue weighted by molar-refractivity contribution is -0.134. The van der Waals surface area contributed by atoms with Gasteiger partial charge in [0, 0.05) is 12.8 Å². The van der Waals surface area contributed by atoms with Gasteiger partial charge in [-0.25, -0.2) is 10.9 Å². The minimum Gasteiger partial charge on any atom is -0.298 e. The van der Waals surface area contributed by atoms with Gasteiger partial charge in [-0.2, -0.15) is 10.2 Å². The maximum Gasteiger partial charge on any atom is 0.256 e. The van der Waals surface area contributed by atoms with Gasteiger partial charge in [0.2, 0.25) is 0 Å². The average Bonchev–Trinajstić information content (AvgIpc) is 2.89. The van der Waals surface area contributed by atoms with Crippen LogP contribution in [0.1, 0.15) is 26.7 Å². The van der Waals surface area contributed by atoms with Crippen LogP contribution in [0, 0.1) is 11.8 Å². The summed E-state index contributed by atoms with van der Waals surface area (Å²) >= 11 is 0. The number of hydrazone groups is 2. The van der Waals surface area contributed by atoms with E-state index >= 15 is 0 Å². The highest BCUT2D eigenvalue weighted by Gasteiger charge is 2.36. The van der Waals surface area contributed by atoms with Crippen LogP contribution in [-0.2, 0) is 19.2 Å². The van der Waals surface area contributed by atoms with Gasteiger partial charge in [0.25, 0.3) is 11.8 Å². The number of Topliss-reactive ketones (excluding diaryl/α,β-unsaturated/α-hetero) is 2. The second-order valence-electron chi connectivity index (χ2n) is 4.76. The van der Waals surface area contributed by atoms with E-state index < -0.39 is 23.7 Å². The zero-order valence-electron chi connectivity index (χ0n) is 11.1. The van der Waals surface area contributed by atoms with Gasteiger partial charge in [-0.15, -0.1) is 0 Å². The summed E-state index contributed by atoms with van der Waals surface area (Å²) in [6.07, 6.45) is -0.193. The molecular formula is C12H14N4O4. The fourth-order valence-electron chi connectivity index (χ4n) is 2.22. The molecule has 0 saturated carbocycles. The van der Waals surface area contributed by atoms with E-state index in [1.807, 2.05) is 0 Å². The highest BCUT2D eigenvalue weighted by molar-refractivity contribution is 6.24. The second-order valence-corrected chi connectivity index (χ2v) is 4.76. The van der Waals surface area contributed by atoms with Crippen LogP contribution in [0.2, 0.25) is 0 Å². The van der Waals surface area contributed by atoms with Crippen LogP contribution < -0.4 is 10.9 Å². The number of ketones is 2. The van der Waals surface area contributed by atoms with Gasteiger partial charge in [0.1, 0.15) is 11.8 Å². The predicted molar refractivity (Wildman–Crippen MR) is 68.7 cm³/mol. The molecule has 20 heavy (non-hydrogen) atoms. The summed E-state index contributed by atoms with van der Waals surface area (Å²) in [6, 6.07) is 0. The Morgan fingerprint density at radius 3 is 1.50 bits per heavy atom. The summed E-state index contributed by atoms with van der Waals surface area (Å²) in [4.78, 5) is 46.7. The average molecular weight is 278 g/mol. The number of amides is 2. The molecule has 2 atom stereocenters. The quantitative estimate of drug-likeness (QED) is 0.637. The first-order valence-corrected chi connectivity index (χ1v) is 6.15. The van der Waals surface area contributed by atoms with Crippen LogP contribution in [0.25, 0.3) is 0 Å². The fraction of sp³-hybridized carbons (Fsp3) is 0.500. The van der Waals surface area contributed by atoms with E-state index in [-0.39, 0.29) is 24.4 Å². The predicted octanol–water partition coefficient (Wildman–Crippen LogP) is -0.851. The van der Waals surface area contributed by atoms with Crippen LogP contribution in [0.5, 0.6) is 0 Å². The zero-order valence-corrected chi connectivity index (χ0v) is 11.1. The molecule has 0 radical (unpaired) electrons. The molecule has 0 bridgehead atoms. The first kappa shape index (κ1) is 14.0. The van der Waals surface area contributed by atoms with Crippen molar-refractivity contribution < 1.29 is 19.2 Å². The van der Waals surface area contributed by atoms with Gasteiger partial charge in [-0.1, -0.05) is 0 Å². The summed E-state index contributed by atoms with van der Waals surface area (Å²) in [5.41, 5.74) is 5.22. The lowest BCUT2D eigenvalue weighted by Gasteiger charge is -2.08. The van der Waals surface area contributed by atoms with E-state index in [1.54, 1.807) is 13.8 Å². The third-order valence-electron chi connectivity index (χ3n) is 3.31. The normalized spacial score (nSPS) is 24.9. The number of hydrogen-bond donors (Lipinski definition) is 2. The summed E-state index contributed by atoms with van der Waals surface area (Å²) in [7, 11) is 0. The molecule has 2 amide bonds. The van der Waals surface area contributed by atoms with Crippen molar-refractivity contribution in [3.8, 4) is 0 Å². The highest BCUT2D eigenvalue weighted by atomic mass is 16.2. The van der Waals surface area contributed by atoms with Crippen molar-refractivity contribution >= 4 is 34.8 Å². The van der Waals surface area contributed by atoms with E-state index in [9.17, 15) is 19.2 Å². The Labute approximate surface area is 114 Å². The van der Waals surface area contributed by atoms with E-state index in [4.69, 9.17) is 0 Å². The maximum absolute atomic E-state index is 11.9. The SMILES string of the molecule is CC1=NNC(=O)C1C(=O)CCC(=O)C1C(=O)NN=C1C. The Bertz CT molecular complexity index is 514. The molecule has 2 heterocycles. The minimum atomic E-state index is -0.921. The molecule has 0 saturated heterocycles. The minimum absolute atomic E-state index is 0.0964. The molecule has 0 fully saturated rings. The van der Waals surface area contributed by atoms with Crippen LogP contribution in [-0.4, -0.2) is 34.8 Å². The van der Waals surface area contributed by atoms with Crippen LogP contribution >= 0.6 is 0 Å². The van der Waals surface area contributed by atoms with E-state index in [2.05, 4.69) is 21.1 Å². The standard InChI is InChI=1S/C12H14N4O4/c1-5-9(11(19)15-13-5)7(17)3-4-8(18)10-6(2)14-16-12(10)20/h9-10H,3-4H2,1-2H3,(H,15,19)(H,16,20). The van der Waals surface area contributed by atoms with Gasteiger partial charge in [-0.3, -0.25) is 19.2 Å². The van der Waals surface area contributed by atoms with Crippen molar-refractivity contribution in [2.45, 2.75) is 26.7 Å². The Morgan fingerprint density at radius 1 is 0.900 bits per heavy atom. The maximum atomic E-state index is 11.9. The van der Waals surface area contributed by atoms with E-state index in [1.165, 1.54) is 0 Å². The number of hydrogen-bond acceptors (Lipinski definition) is 6. The zero-order chi connectivity index (χ0) is 14.9. The first-order valence-electron chi connectivity index (χ1n) is 6.15. The molecule has 2 unspecified atom stereocenters. The number of rotatable bonds is 5. The molecule has 2 rings (SSSR count). The van der Waals surface area contributed by atoms with Crippen molar-refractivity contribution in [2.24, 2.45) is 22.0 Å². The summed E-state index contributed by atoms with van der Waals surface area (Å²) in [6.45, 7) is 3.15. The van der Waals surface area contributed by atoms with Crippen LogP contribution in [0.15, 0.2) is 10.2 Å². The number of nitrogens with one attached hydrogen (secondary N) is 2. The lowest BCUT2D eigenvalue weighted by Crippen LogP contribution is -2.33. The molecule has 8 heteroatoms. The van der Waals surface area contributed by atoms with Gasteiger partial charge < -0.3 is 0 Å². The van der Waals surface area contributed by atoms with Gasteiger partial charge in [-0.05, 0) is 13.8 Å². The third kappa shape index (κ3) is 2.49. The van der Waals surface area contributed by atoms with Gasteiger partial charge in [0.15, 0.2) is 11.6 Å². The number of carbonyl (C=O) groups is 4. The topological polar surface area (TPSA) is 117 Å². The number of nitrogens with zero attached hydrogens (tertiary/aromatic N) is 2. The van der Waals surface area contributed by atoms with Crippen molar-refractivity contribution in [2.75, 3.05) is 0 Å². The fourth-order valence-corrected chi connectivity index (χ4v) is 2.22. The molecule has 0 spiro atoms. The largest absolute Gasteiger partial charge is 0.298 e. The summed E-state index contributed by atoms with van der Waals surface area (Å²) < 4.78 is 0. The smallest absolute Gasteiger partial charge is 0.256 e. The molecule has 106 valence electrons. The molecular weight excluding hydrogens is 264 g/mol. The van der Waals surface area contributed by atoms with Crippen LogP contribution in [0.3, 0.4) is 0 Å². The first-order chi connectivity index (χ1) is 9.41. The Balaban J connectivity index is 1.92. The third-order valence-corrected chi connectivity index (χ3v) is 3.31. The molecule has 0 aromatic heterocycles. The summed E-state index contributed by atoms with van der Waals surface area (Å²) in [5, 5.41) is 7.35. The van der Waals surface area contributed by atoms with Crippen molar-refractivity contribution in [1.29, 1.82) is 0 Å². The molecule has 0 aliphatic carbocycles. The molecule has 0 aromatic rings. The monoisotopic (exact) mass is 278 g/mol. The van der Waals surface area contributed by atoms with Crippen molar-refractivity contribution in [1.82, 2.24) is 10.9 Å². The van der Waals surface area contributed by atoms with Gasteiger partial charge in [0.05, 0.1) is 11.4 Å². The molecule has 8 nitrogen and oxygen atoms in total. The molecule has 2 aliphatic rings. The lowest BCUT2D eigenvalue weighted by atomic mass is 9.91. The highest BCUT2D eigenvalue weighted by Crippen LogP contribution is 2.15. The van der Waals surface area contributed by atoms with Crippen molar-refractivity contribution in [3.63, 3.8) is 0 Å². The van der Waals surface area contributed by atoms with Gasteiger partial charge >= 0.3 is 0 Å². The summed E-state index contributed by atoms with van der Waals surface area (Å²) in [5.74, 6) is -3.54. The Morgan fingerprint density at radius 2 is 1.25 bits per heavy atom. The number of carbonyl (C=O) groups excluding carboxylic acids is 4. The Kier molecular flexibility index (Phi) is 3.73. The van der Waals surface area contributed by atoms with Crippen molar-refractivity contribution in [3.05, 3.63) is 0 Å². The van der Waals surface area contributed by atoms with E-state index in [0.29, 0.717) is 11.4 Å². The van der Waals surface area contributed by atoms with Crippen LogP contribution in [0.4, 0.5) is 0 Å². The molecule has 0 aromatic carbocycles. The second kappa shape index (κ2) is 5.32. The Hall–Kier alpha value is -2.38. The molecule has 2 N–H and O–H groups in total.